The van der Waals surface area contributed by atoms with Crippen molar-refractivity contribution in [3.63, 3.8) is 0 Å². The van der Waals surface area contributed by atoms with E-state index in [1.165, 1.54) is 5.69 Å². The van der Waals surface area contributed by atoms with Crippen molar-refractivity contribution in [2.75, 3.05) is 41.4 Å². The van der Waals surface area contributed by atoms with Gasteiger partial charge in [-0.1, -0.05) is 0 Å². The Morgan fingerprint density at radius 2 is 2.25 bits per heavy atom. The van der Waals surface area contributed by atoms with E-state index in [1.54, 1.807) is 0 Å². The largest absolute Gasteiger partial charge is 0.370 e. The van der Waals surface area contributed by atoms with Crippen molar-refractivity contribution >= 4 is 22.3 Å². The molecule has 1 aliphatic rings. The predicted molar refractivity (Wildman–Crippen MR) is 68.5 cm³/mol. The second-order valence-electron chi connectivity index (χ2n) is 3.76. The van der Waals surface area contributed by atoms with Crippen LogP contribution in [0.5, 0.6) is 0 Å². The summed E-state index contributed by atoms with van der Waals surface area (Å²) in [6.45, 7) is 4.68. The molecular weight excluding hydrogens is 222 g/mol. The third-order valence-corrected chi connectivity index (χ3v) is 3.92. The molecule has 1 saturated heterocycles. The van der Waals surface area contributed by atoms with Crippen molar-refractivity contribution in [1.29, 1.82) is 0 Å². The van der Waals surface area contributed by atoms with Crippen LogP contribution < -0.4 is 10.2 Å². The van der Waals surface area contributed by atoms with Crippen molar-refractivity contribution in [2.24, 2.45) is 0 Å². The second kappa shape index (κ2) is 5.30. The van der Waals surface area contributed by atoms with E-state index in [-0.39, 0.29) is 0 Å². The molecule has 88 valence electrons. The van der Waals surface area contributed by atoms with E-state index < -0.39 is 10.8 Å². The van der Waals surface area contributed by atoms with Crippen molar-refractivity contribution in [1.82, 2.24) is 4.98 Å². The van der Waals surface area contributed by atoms with E-state index in [4.69, 9.17) is 0 Å². The molecule has 0 aromatic carbocycles. The first-order chi connectivity index (χ1) is 7.79. The standard InChI is InChI=1S/C11H17N3OS/c1-2-12-11-9-10(3-4-13-11)14-5-7-16(15)8-6-14/h3-4,9H,2,5-8H2,1H3,(H,12,13). The third-order valence-electron chi connectivity index (χ3n) is 2.64. The molecule has 0 spiro atoms. The molecule has 0 bridgehead atoms. The highest BCUT2D eigenvalue weighted by Gasteiger charge is 2.15. The number of nitrogens with one attached hydrogen (secondary N) is 1. The Kier molecular flexibility index (Phi) is 3.77. The van der Waals surface area contributed by atoms with Gasteiger partial charge in [0.05, 0.1) is 0 Å². The average Bonchev–Trinajstić information content (AvgIpc) is 2.31. The van der Waals surface area contributed by atoms with Crippen LogP contribution in [0.1, 0.15) is 6.92 Å². The summed E-state index contributed by atoms with van der Waals surface area (Å²) in [6, 6.07) is 4.06. The van der Waals surface area contributed by atoms with Crippen LogP contribution in [0, 0.1) is 0 Å². The van der Waals surface area contributed by atoms with Gasteiger partial charge in [-0.15, -0.1) is 0 Å². The van der Waals surface area contributed by atoms with Crippen LogP contribution in [-0.2, 0) is 10.8 Å². The lowest BCUT2D eigenvalue weighted by Crippen LogP contribution is -2.37. The molecule has 0 saturated carbocycles. The maximum absolute atomic E-state index is 11.3. The molecule has 2 heterocycles. The summed E-state index contributed by atoms with van der Waals surface area (Å²) in [5, 5.41) is 3.20. The summed E-state index contributed by atoms with van der Waals surface area (Å²) in [7, 11) is -0.616. The first kappa shape index (κ1) is 11.4. The summed E-state index contributed by atoms with van der Waals surface area (Å²) in [4.78, 5) is 6.51. The normalized spacial score (nSPS) is 17.4. The van der Waals surface area contributed by atoms with Crippen LogP contribution in [0.4, 0.5) is 11.5 Å². The molecule has 1 aromatic heterocycles. The van der Waals surface area contributed by atoms with Crippen molar-refractivity contribution in [2.45, 2.75) is 6.92 Å². The molecule has 0 radical (unpaired) electrons. The molecule has 0 unspecified atom stereocenters. The van der Waals surface area contributed by atoms with Gasteiger partial charge >= 0.3 is 0 Å². The number of pyridine rings is 1. The fourth-order valence-electron chi connectivity index (χ4n) is 1.79. The van der Waals surface area contributed by atoms with Crippen molar-refractivity contribution in [3.8, 4) is 0 Å². The Morgan fingerprint density at radius 3 is 2.94 bits per heavy atom. The van der Waals surface area contributed by atoms with Gasteiger partial charge in [0.25, 0.3) is 0 Å². The first-order valence-corrected chi connectivity index (χ1v) is 7.08. The van der Waals surface area contributed by atoms with Gasteiger partial charge in [0, 0.05) is 59.9 Å². The third kappa shape index (κ3) is 2.72. The Morgan fingerprint density at radius 1 is 1.50 bits per heavy atom. The smallest absolute Gasteiger partial charge is 0.127 e. The highest BCUT2D eigenvalue weighted by Crippen LogP contribution is 2.18. The minimum absolute atomic E-state index is 0.616. The zero-order valence-corrected chi connectivity index (χ0v) is 10.3. The SMILES string of the molecule is CCNc1cc(N2CCS(=O)CC2)ccn1. The average molecular weight is 239 g/mol. The summed E-state index contributed by atoms with van der Waals surface area (Å²) >= 11 is 0. The van der Waals surface area contributed by atoms with Crippen LogP contribution >= 0.6 is 0 Å². The quantitative estimate of drug-likeness (QED) is 0.857. The second-order valence-corrected chi connectivity index (χ2v) is 5.46. The molecule has 4 nitrogen and oxygen atoms in total. The predicted octanol–water partition coefficient (Wildman–Crippen LogP) is 1.08. The Hall–Kier alpha value is -1.10. The highest BCUT2D eigenvalue weighted by atomic mass is 32.2. The lowest BCUT2D eigenvalue weighted by atomic mass is 10.3. The molecule has 16 heavy (non-hydrogen) atoms. The van der Waals surface area contributed by atoms with Crippen molar-refractivity contribution in [3.05, 3.63) is 18.3 Å². The first-order valence-electron chi connectivity index (χ1n) is 5.59. The maximum atomic E-state index is 11.3. The number of anilines is 2. The lowest BCUT2D eigenvalue weighted by molar-refractivity contribution is 0.673. The van der Waals surface area contributed by atoms with Crippen molar-refractivity contribution < 1.29 is 4.21 Å². The molecular formula is C11H17N3OS. The van der Waals surface area contributed by atoms with Gasteiger partial charge in [-0.3, -0.25) is 4.21 Å². The molecule has 1 fully saturated rings. The Bertz CT molecular complexity index is 373. The molecule has 1 aromatic rings. The maximum Gasteiger partial charge on any atom is 0.127 e. The van der Waals surface area contributed by atoms with Crippen LogP contribution in [0.2, 0.25) is 0 Å². The van der Waals surface area contributed by atoms with Crippen LogP contribution in [0.15, 0.2) is 18.3 Å². The number of hydrogen-bond acceptors (Lipinski definition) is 4. The Labute approximate surface area is 98.5 Å². The molecule has 0 aliphatic carbocycles. The monoisotopic (exact) mass is 239 g/mol. The van der Waals surface area contributed by atoms with Crippen LogP contribution in [0.25, 0.3) is 0 Å². The van der Waals surface area contributed by atoms with E-state index in [0.717, 1.165) is 37.0 Å². The minimum Gasteiger partial charge on any atom is -0.370 e. The zero-order chi connectivity index (χ0) is 11.4. The van der Waals surface area contributed by atoms with Gasteiger partial charge in [0.15, 0.2) is 0 Å². The minimum atomic E-state index is -0.616. The lowest BCUT2D eigenvalue weighted by Gasteiger charge is -2.28. The van der Waals surface area contributed by atoms with Gasteiger partial charge in [-0.05, 0) is 13.0 Å². The summed E-state index contributed by atoms with van der Waals surface area (Å²) < 4.78 is 11.3. The number of rotatable bonds is 3. The molecule has 0 amide bonds. The van der Waals surface area contributed by atoms with E-state index in [2.05, 4.69) is 28.2 Å². The number of nitrogens with zero attached hydrogens (tertiary/aromatic N) is 2. The molecule has 0 atom stereocenters. The van der Waals surface area contributed by atoms with Crippen LogP contribution in [-0.4, -0.2) is 40.3 Å². The van der Waals surface area contributed by atoms with E-state index >= 15 is 0 Å². The van der Waals surface area contributed by atoms with Gasteiger partial charge in [0.1, 0.15) is 5.82 Å². The topological polar surface area (TPSA) is 45.2 Å². The molecule has 2 rings (SSSR count). The number of aromatic nitrogens is 1. The Balaban J connectivity index is 2.08. The van der Waals surface area contributed by atoms with Gasteiger partial charge < -0.3 is 10.2 Å². The summed E-state index contributed by atoms with van der Waals surface area (Å²) in [5.74, 6) is 2.46. The van der Waals surface area contributed by atoms with E-state index in [1.807, 2.05) is 12.3 Å². The fraction of sp³-hybridized carbons (Fsp3) is 0.545. The van der Waals surface area contributed by atoms with Gasteiger partial charge in [-0.25, -0.2) is 4.98 Å². The zero-order valence-electron chi connectivity index (χ0n) is 9.48. The molecule has 1 N–H and O–H groups in total. The summed E-state index contributed by atoms with van der Waals surface area (Å²) in [6.07, 6.45) is 1.82. The van der Waals surface area contributed by atoms with Crippen LogP contribution in [0.3, 0.4) is 0 Å². The van der Waals surface area contributed by atoms with E-state index in [0.29, 0.717) is 0 Å². The highest BCUT2D eigenvalue weighted by molar-refractivity contribution is 7.85. The number of hydrogen-bond donors (Lipinski definition) is 1. The fourth-order valence-corrected chi connectivity index (χ4v) is 2.84. The van der Waals surface area contributed by atoms with Gasteiger partial charge in [-0.2, -0.15) is 0 Å². The molecule has 5 heteroatoms. The molecule has 1 aliphatic heterocycles. The summed E-state index contributed by atoms with van der Waals surface area (Å²) in [5.41, 5.74) is 1.17. The van der Waals surface area contributed by atoms with Gasteiger partial charge in [0.2, 0.25) is 0 Å². The van der Waals surface area contributed by atoms with E-state index in [9.17, 15) is 4.21 Å².